The summed E-state index contributed by atoms with van der Waals surface area (Å²) < 4.78 is 5.69. The predicted molar refractivity (Wildman–Crippen MR) is 102 cm³/mol. The van der Waals surface area contributed by atoms with Gasteiger partial charge in [-0.15, -0.1) is 11.8 Å². The third-order valence-electron chi connectivity index (χ3n) is 3.43. The first-order valence-corrected chi connectivity index (χ1v) is 9.37. The fraction of sp³-hybridized carbons (Fsp3) is 0.316. The smallest absolute Gasteiger partial charge is 0.230 e. The van der Waals surface area contributed by atoms with Crippen LogP contribution in [-0.2, 0) is 10.5 Å². The molecule has 2 aromatic rings. The quantitative estimate of drug-likeness (QED) is 0.707. The molecule has 0 heterocycles. The van der Waals surface area contributed by atoms with Gasteiger partial charge in [0, 0.05) is 10.8 Å². The van der Waals surface area contributed by atoms with E-state index in [9.17, 15) is 4.79 Å². The zero-order valence-corrected chi connectivity index (χ0v) is 15.5. The molecule has 24 heavy (non-hydrogen) atoms. The van der Waals surface area contributed by atoms with E-state index >= 15 is 0 Å². The number of ether oxygens (including phenoxy) is 1. The Balaban J connectivity index is 1.60. The largest absolute Gasteiger partial charge is 0.491 e. The first-order chi connectivity index (χ1) is 11.5. The summed E-state index contributed by atoms with van der Waals surface area (Å²) in [5.41, 5.74) is 3.49. The second-order valence-corrected chi connectivity index (χ2v) is 7.01. The Bertz CT molecular complexity index is 674. The number of carbonyl (C=O) groups is 1. The molecule has 3 nitrogen and oxygen atoms in total. The van der Waals surface area contributed by atoms with E-state index in [1.54, 1.807) is 11.8 Å². The van der Waals surface area contributed by atoms with E-state index in [1.165, 1.54) is 5.56 Å². The summed E-state index contributed by atoms with van der Waals surface area (Å²) in [6.45, 7) is 5.05. The van der Waals surface area contributed by atoms with Gasteiger partial charge in [-0.3, -0.25) is 4.79 Å². The fourth-order valence-electron chi connectivity index (χ4n) is 2.21. The van der Waals surface area contributed by atoms with E-state index in [-0.39, 0.29) is 5.91 Å². The number of hydrogen-bond donors (Lipinski definition) is 1. The third kappa shape index (κ3) is 6.46. The van der Waals surface area contributed by atoms with Crippen LogP contribution in [0, 0.1) is 13.8 Å². The van der Waals surface area contributed by atoms with E-state index in [0.717, 1.165) is 27.7 Å². The Morgan fingerprint density at radius 1 is 1.17 bits per heavy atom. The average molecular weight is 364 g/mol. The molecule has 128 valence electrons. The molecule has 2 rings (SSSR count). The molecule has 5 heteroatoms. The van der Waals surface area contributed by atoms with Gasteiger partial charge >= 0.3 is 0 Å². The van der Waals surface area contributed by atoms with Crippen molar-refractivity contribution < 1.29 is 9.53 Å². The molecule has 0 bridgehead atoms. The zero-order chi connectivity index (χ0) is 17.4. The first-order valence-electron chi connectivity index (χ1n) is 7.83. The maximum absolute atomic E-state index is 11.8. The molecule has 0 fully saturated rings. The van der Waals surface area contributed by atoms with Crippen molar-refractivity contribution >= 4 is 29.3 Å². The van der Waals surface area contributed by atoms with E-state index in [2.05, 4.69) is 18.3 Å². The number of amides is 1. The maximum atomic E-state index is 11.8. The van der Waals surface area contributed by atoms with E-state index < -0.39 is 0 Å². The lowest BCUT2D eigenvalue weighted by molar-refractivity contribution is -0.118. The SMILES string of the molecule is Cc1ccc(OCCNC(=O)CSCc2ccc(Cl)cc2)c(C)c1. The molecule has 2 aromatic carbocycles. The lowest BCUT2D eigenvalue weighted by Gasteiger charge is -2.10. The van der Waals surface area contributed by atoms with Gasteiger partial charge in [0.2, 0.25) is 5.91 Å². The Labute approximate surface area is 152 Å². The maximum Gasteiger partial charge on any atom is 0.230 e. The Kier molecular flexibility index (Phi) is 7.47. The number of hydrogen-bond acceptors (Lipinski definition) is 3. The number of carbonyl (C=O) groups excluding carboxylic acids is 1. The zero-order valence-electron chi connectivity index (χ0n) is 14.0. The van der Waals surface area contributed by atoms with Crippen molar-refractivity contribution in [2.45, 2.75) is 19.6 Å². The van der Waals surface area contributed by atoms with Crippen LogP contribution >= 0.6 is 23.4 Å². The lowest BCUT2D eigenvalue weighted by Crippen LogP contribution is -2.29. The highest BCUT2D eigenvalue weighted by Gasteiger charge is 2.03. The van der Waals surface area contributed by atoms with Gasteiger partial charge in [-0.2, -0.15) is 0 Å². The number of benzene rings is 2. The third-order valence-corrected chi connectivity index (χ3v) is 4.68. The molecule has 0 aromatic heterocycles. The van der Waals surface area contributed by atoms with Gasteiger partial charge in [-0.1, -0.05) is 41.4 Å². The van der Waals surface area contributed by atoms with Crippen molar-refractivity contribution in [1.82, 2.24) is 5.32 Å². The summed E-state index contributed by atoms with van der Waals surface area (Å²) in [5, 5.41) is 3.60. The highest BCUT2D eigenvalue weighted by molar-refractivity contribution is 7.99. The van der Waals surface area contributed by atoms with Crippen LogP contribution in [0.3, 0.4) is 0 Å². The van der Waals surface area contributed by atoms with Gasteiger partial charge < -0.3 is 10.1 Å². The molecular weight excluding hydrogens is 342 g/mol. The molecule has 0 spiro atoms. The summed E-state index contributed by atoms with van der Waals surface area (Å²) in [6.07, 6.45) is 0. The van der Waals surface area contributed by atoms with Crippen LogP contribution in [0.25, 0.3) is 0 Å². The van der Waals surface area contributed by atoms with Crippen LogP contribution in [0.5, 0.6) is 5.75 Å². The van der Waals surface area contributed by atoms with Gasteiger partial charge in [0.25, 0.3) is 0 Å². The molecule has 0 saturated heterocycles. The first kappa shape index (κ1) is 18.7. The van der Waals surface area contributed by atoms with Crippen LogP contribution in [0.2, 0.25) is 5.02 Å². The normalized spacial score (nSPS) is 10.5. The second kappa shape index (κ2) is 9.60. The number of rotatable bonds is 8. The second-order valence-electron chi connectivity index (χ2n) is 5.59. The summed E-state index contributed by atoms with van der Waals surface area (Å²) in [5.74, 6) is 2.13. The highest BCUT2D eigenvalue weighted by atomic mass is 35.5. The lowest BCUT2D eigenvalue weighted by atomic mass is 10.1. The molecule has 0 aliphatic heterocycles. The summed E-state index contributed by atoms with van der Waals surface area (Å²) >= 11 is 7.43. The van der Waals surface area contributed by atoms with Crippen LogP contribution in [0.15, 0.2) is 42.5 Å². The summed E-state index contributed by atoms with van der Waals surface area (Å²) in [4.78, 5) is 11.8. The molecule has 0 atom stereocenters. The van der Waals surface area contributed by atoms with Crippen molar-refractivity contribution in [3.63, 3.8) is 0 Å². The van der Waals surface area contributed by atoms with Gasteiger partial charge in [-0.05, 0) is 43.2 Å². The fourth-order valence-corrected chi connectivity index (χ4v) is 3.15. The number of halogens is 1. The Hall–Kier alpha value is -1.65. The van der Waals surface area contributed by atoms with Crippen LogP contribution in [0.1, 0.15) is 16.7 Å². The van der Waals surface area contributed by atoms with E-state index in [4.69, 9.17) is 16.3 Å². The van der Waals surface area contributed by atoms with Gasteiger partial charge in [0.05, 0.1) is 12.3 Å². The van der Waals surface area contributed by atoms with Crippen molar-refractivity contribution in [2.75, 3.05) is 18.9 Å². The standard InChI is InChI=1S/C19H22ClNO2S/c1-14-3-8-18(15(2)11-14)23-10-9-21-19(22)13-24-12-16-4-6-17(20)7-5-16/h3-8,11H,9-10,12-13H2,1-2H3,(H,21,22). The molecule has 1 N–H and O–H groups in total. The van der Waals surface area contributed by atoms with E-state index in [1.807, 2.05) is 43.3 Å². The van der Waals surface area contributed by atoms with Crippen molar-refractivity contribution in [3.8, 4) is 5.75 Å². The highest BCUT2D eigenvalue weighted by Crippen LogP contribution is 2.18. The molecule has 0 unspecified atom stereocenters. The molecule has 0 radical (unpaired) electrons. The number of thioether (sulfide) groups is 1. The van der Waals surface area contributed by atoms with Gasteiger partial charge in [-0.25, -0.2) is 0 Å². The monoisotopic (exact) mass is 363 g/mol. The summed E-state index contributed by atoms with van der Waals surface area (Å²) in [6, 6.07) is 13.8. The van der Waals surface area contributed by atoms with E-state index in [0.29, 0.717) is 18.9 Å². The minimum Gasteiger partial charge on any atom is -0.491 e. The molecule has 1 amide bonds. The molecule has 0 aliphatic rings. The van der Waals surface area contributed by atoms with Gasteiger partial charge in [0.15, 0.2) is 0 Å². The minimum absolute atomic E-state index is 0.0261. The Morgan fingerprint density at radius 2 is 1.92 bits per heavy atom. The van der Waals surface area contributed by atoms with Crippen LogP contribution in [-0.4, -0.2) is 24.8 Å². The molecular formula is C19H22ClNO2S. The number of nitrogens with one attached hydrogen (secondary N) is 1. The van der Waals surface area contributed by atoms with Crippen LogP contribution < -0.4 is 10.1 Å². The predicted octanol–water partition coefficient (Wildman–Crippen LogP) is 4.39. The topological polar surface area (TPSA) is 38.3 Å². The summed E-state index contributed by atoms with van der Waals surface area (Å²) in [7, 11) is 0. The van der Waals surface area contributed by atoms with Crippen molar-refractivity contribution in [3.05, 3.63) is 64.2 Å². The molecule has 0 saturated carbocycles. The molecule has 0 aliphatic carbocycles. The average Bonchev–Trinajstić information content (AvgIpc) is 2.55. The van der Waals surface area contributed by atoms with Crippen molar-refractivity contribution in [1.29, 1.82) is 0 Å². The van der Waals surface area contributed by atoms with Crippen molar-refractivity contribution in [2.24, 2.45) is 0 Å². The van der Waals surface area contributed by atoms with Gasteiger partial charge in [0.1, 0.15) is 12.4 Å². The Morgan fingerprint density at radius 3 is 2.62 bits per heavy atom. The number of aryl methyl sites for hydroxylation is 2. The van der Waals surface area contributed by atoms with Crippen LogP contribution in [0.4, 0.5) is 0 Å². The minimum atomic E-state index is 0.0261.